The van der Waals surface area contributed by atoms with Gasteiger partial charge in [0.25, 0.3) is 0 Å². The molecule has 3 N–H and O–H groups in total. The summed E-state index contributed by atoms with van der Waals surface area (Å²) in [5, 5.41) is 3.08. The van der Waals surface area contributed by atoms with E-state index >= 15 is 0 Å². The van der Waals surface area contributed by atoms with Gasteiger partial charge in [0.2, 0.25) is 0 Å². The van der Waals surface area contributed by atoms with Crippen molar-refractivity contribution in [3.05, 3.63) is 29.6 Å². The summed E-state index contributed by atoms with van der Waals surface area (Å²) in [4.78, 5) is 4.32. The van der Waals surface area contributed by atoms with Crippen molar-refractivity contribution in [2.45, 2.75) is 25.7 Å². The quantitative estimate of drug-likeness (QED) is 0.619. The minimum atomic E-state index is -0.342. The van der Waals surface area contributed by atoms with Crippen molar-refractivity contribution in [1.29, 1.82) is 0 Å². The molecule has 0 radical (unpaired) electrons. The molecule has 5 heteroatoms. The van der Waals surface area contributed by atoms with Gasteiger partial charge in [-0.2, -0.15) is 0 Å². The highest BCUT2D eigenvalue weighted by Crippen LogP contribution is 2.26. The molecule has 0 aliphatic heterocycles. The van der Waals surface area contributed by atoms with Crippen LogP contribution in [0, 0.1) is 11.7 Å². The summed E-state index contributed by atoms with van der Waals surface area (Å²) in [5.74, 6) is 1.14. The topological polar surface area (TPSA) is 59.6 Å². The highest BCUT2D eigenvalue weighted by Gasteiger charge is 2.16. The second-order valence-electron chi connectivity index (χ2n) is 5.17. The van der Waals surface area contributed by atoms with E-state index in [-0.39, 0.29) is 11.6 Å². The zero-order chi connectivity index (χ0) is 14.4. The number of benzene rings is 1. The molecule has 0 atom stereocenters. The van der Waals surface area contributed by atoms with E-state index in [1.54, 1.807) is 12.1 Å². The lowest BCUT2D eigenvalue weighted by atomic mass is 9.86. The van der Waals surface area contributed by atoms with Gasteiger partial charge in [0, 0.05) is 13.1 Å². The Hall–Kier alpha value is -1.78. The van der Waals surface area contributed by atoms with E-state index in [9.17, 15) is 4.39 Å². The van der Waals surface area contributed by atoms with E-state index in [1.165, 1.54) is 32.4 Å². The van der Waals surface area contributed by atoms with Crippen molar-refractivity contribution in [2.75, 3.05) is 20.2 Å². The molecule has 110 valence electrons. The molecule has 20 heavy (non-hydrogen) atoms. The second kappa shape index (κ2) is 7.12. The molecule has 1 aromatic rings. The number of nitrogens with one attached hydrogen (secondary N) is 1. The van der Waals surface area contributed by atoms with Crippen molar-refractivity contribution in [1.82, 2.24) is 5.32 Å². The molecule has 0 heterocycles. The van der Waals surface area contributed by atoms with Crippen molar-refractivity contribution in [3.8, 4) is 5.75 Å². The smallest absolute Gasteiger partial charge is 0.188 e. The minimum Gasteiger partial charge on any atom is -0.494 e. The summed E-state index contributed by atoms with van der Waals surface area (Å²) in [6, 6.07) is 4.88. The lowest BCUT2D eigenvalue weighted by molar-refractivity contribution is 0.326. The van der Waals surface area contributed by atoms with Crippen LogP contribution in [-0.4, -0.2) is 26.2 Å². The summed E-state index contributed by atoms with van der Waals surface area (Å²) < 4.78 is 18.2. The van der Waals surface area contributed by atoms with Crippen LogP contribution in [0.5, 0.6) is 5.75 Å². The fraction of sp³-hybridized carbons (Fsp3) is 0.533. The van der Waals surface area contributed by atoms with Crippen LogP contribution >= 0.6 is 0 Å². The van der Waals surface area contributed by atoms with Crippen molar-refractivity contribution >= 4 is 5.96 Å². The van der Waals surface area contributed by atoms with Gasteiger partial charge < -0.3 is 15.8 Å². The van der Waals surface area contributed by atoms with Gasteiger partial charge in [0.1, 0.15) is 0 Å². The molecule has 1 fully saturated rings. The van der Waals surface area contributed by atoms with Crippen molar-refractivity contribution in [2.24, 2.45) is 16.6 Å². The molecule has 1 aliphatic rings. The van der Waals surface area contributed by atoms with E-state index in [4.69, 9.17) is 10.5 Å². The van der Waals surface area contributed by atoms with Gasteiger partial charge >= 0.3 is 0 Å². The molecule has 2 rings (SSSR count). The van der Waals surface area contributed by atoms with Crippen LogP contribution in [0.2, 0.25) is 0 Å². The van der Waals surface area contributed by atoms with Crippen LogP contribution in [0.1, 0.15) is 24.8 Å². The Kier molecular flexibility index (Phi) is 5.21. The third kappa shape index (κ3) is 4.11. The predicted molar refractivity (Wildman–Crippen MR) is 78.5 cm³/mol. The van der Waals surface area contributed by atoms with E-state index in [2.05, 4.69) is 10.3 Å². The third-order valence-electron chi connectivity index (χ3n) is 3.68. The SMILES string of the molecule is COc1cc(CCNC(N)=NCC2CCC2)ccc1F. The average Bonchev–Trinajstić information content (AvgIpc) is 2.39. The first-order valence-corrected chi connectivity index (χ1v) is 7.05. The number of methoxy groups -OCH3 is 1. The first kappa shape index (κ1) is 14.6. The predicted octanol–water partition coefficient (Wildman–Crippen LogP) is 2.08. The third-order valence-corrected chi connectivity index (χ3v) is 3.68. The fourth-order valence-electron chi connectivity index (χ4n) is 2.15. The number of aliphatic imine (C=N–C) groups is 1. The molecule has 4 nitrogen and oxygen atoms in total. The van der Waals surface area contributed by atoms with E-state index in [0.717, 1.165) is 24.4 Å². The average molecular weight is 279 g/mol. The molecule has 0 bridgehead atoms. The lowest BCUT2D eigenvalue weighted by Gasteiger charge is -2.23. The van der Waals surface area contributed by atoms with Crippen LogP contribution < -0.4 is 15.8 Å². The molecule has 1 aromatic carbocycles. The number of halogens is 1. The number of ether oxygens (including phenoxy) is 1. The Bertz CT molecular complexity index is 472. The summed E-state index contributed by atoms with van der Waals surface area (Å²) in [5.41, 5.74) is 6.80. The Balaban J connectivity index is 1.74. The fourth-order valence-corrected chi connectivity index (χ4v) is 2.15. The number of hydrogen-bond donors (Lipinski definition) is 2. The van der Waals surface area contributed by atoms with E-state index < -0.39 is 0 Å². The Morgan fingerprint density at radius 1 is 1.50 bits per heavy atom. The van der Waals surface area contributed by atoms with Gasteiger partial charge in [-0.05, 0) is 42.9 Å². The summed E-state index contributed by atoms with van der Waals surface area (Å²) in [6.07, 6.45) is 4.61. The monoisotopic (exact) mass is 279 g/mol. The van der Waals surface area contributed by atoms with Gasteiger partial charge in [0.15, 0.2) is 17.5 Å². The van der Waals surface area contributed by atoms with Crippen LogP contribution in [0.15, 0.2) is 23.2 Å². The largest absolute Gasteiger partial charge is 0.494 e. The van der Waals surface area contributed by atoms with Gasteiger partial charge in [-0.3, -0.25) is 4.99 Å². The highest BCUT2D eigenvalue weighted by atomic mass is 19.1. The molecule has 0 spiro atoms. The zero-order valence-electron chi connectivity index (χ0n) is 11.9. The number of guanidine groups is 1. The normalized spacial score (nSPS) is 15.8. The van der Waals surface area contributed by atoms with Crippen molar-refractivity contribution in [3.63, 3.8) is 0 Å². The van der Waals surface area contributed by atoms with Crippen LogP contribution in [0.3, 0.4) is 0 Å². The van der Waals surface area contributed by atoms with Crippen LogP contribution in [-0.2, 0) is 6.42 Å². The lowest BCUT2D eigenvalue weighted by Crippen LogP contribution is -2.34. The Labute approximate surface area is 119 Å². The summed E-state index contributed by atoms with van der Waals surface area (Å²) in [7, 11) is 1.46. The Morgan fingerprint density at radius 3 is 2.95 bits per heavy atom. The van der Waals surface area contributed by atoms with E-state index in [0.29, 0.717) is 12.5 Å². The molecule has 0 amide bonds. The molecular formula is C15H22FN3O. The number of rotatable bonds is 6. The van der Waals surface area contributed by atoms with Gasteiger partial charge in [-0.25, -0.2) is 4.39 Å². The summed E-state index contributed by atoms with van der Waals surface area (Å²) >= 11 is 0. The van der Waals surface area contributed by atoms with E-state index in [1.807, 2.05) is 0 Å². The van der Waals surface area contributed by atoms with Crippen LogP contribution in [0.25, 0.3) is 0 Å². The molecule has 0 saturated heterocycles. The second-order valence-corrected chi connectivity index (χ2v) is 5.17. The molecular weight excluding hydrogens is 257 g/mol. The Morgan fingerprint density at radius 2 is 2.30 bits per heavy atom. The van der Waals surface area contributed by atoms with Gasteiger partial charge in [-0.15, -0.1) is 0 Å². The number of hydrogen-bond acceptors (Lipinski definition) is 2. The standard InChI is InChI=1S/C15H22FN3O/c1-20-14-9-11(5-6-13(14)16)7-8-18-15(17)19-10-12-3-2-4-12/h5-6,9,12H,2-4,7-8,10H2,1H3,(H3,17,18,19). The molecule has 1 saturated carbocycles. The highest BCUT2D eigenvalue weighted by molar-refractivity contribution is 5.77. The first-order valence-electron chi connectivity index (χ1n) is 7.05. The first-order chi connectivity index (χ1) is 9.69. The van der Waals surface area contributed by atoms with Crippen molar-refractivity contribution < 1.29 is 9.13 Å². The minimum absolute atomic E-state index is 0.272. The number of nitrogens with zero attached hydrogens (tertiary/aromatic N) is 1. The maximum absolute atomic E-state index is 13.3. The maximum Gasteiger partial charge on any atom is 0.188 e. The van der Waals surface area contributed by atoms with Gasteiger partial charge in [0.05, 0.1) is 7.11 Å². The molecule has 0 unspecified atom stereocenters. The van der Waals surface area contributed by atoms with Gasteiger partial charge in [-0.1, -0.05) is 12.5 Å². The molecule has 1 aliphatic carbocycles. The molecule has 0 aromatic heterocycles. The van der Waals surface area contributed by atoms with Crippen LogP contribution in [0.4, 0.5) is 4.39 Å². The number of nitrogens with two attached hydrogens (primary N) is 1. The maximum atomic E-state index is 13.3. The zero-order valence-corrected chi connectivity index (χ0v) is 11.9. The summed E-state index contributed by atoms with van der Waals surface area (Å²) in [6.45, 7) is 1.50.